The minimum absolute atomic E-state index is 0.173. The third-order valence-electron chi connectivity index (χ3n) is 4.13. The smallest absolute Gasteiger partial charge is 0.267 e. The number of anilines is 1. The monoisotopic (exact) mass is 350 g/mol. The highest BCUT2D eigenvalue weighted by Gasteiger charge is 2.40. The van der Waals surface area contributed by atoms with Gasteiger partial charge in [-0.15, -0.1) is 0 Å². The number of thioether (sulfide) groups is 1. The molecule has 1 aromatic carbocycles. The molecule has 2 aliphatic heterocycles. The number of fused-ring (bicyclic) bond motifs is 1. The zero-order chi connectivity index (χ0) is 17.6. The Kier molecular flexibility index (Phi) is 3.65. The van der Waals surface area contributed by atoms with Gasteiger partial charge in [0, 0.05) is 25.9 Å². The Morgan fingerprint density at radius 1 is 1.00 bits per heavy atom. The van der Waals surface area contributed by atoms with Crippen molar-refractivity contribution in [2.75, 3.05) is 19.0 Å². The van der Waals surface area contributed by atoms with Gasteiger partial charge in [-0.05, 0) is 30.0 Å². The molecular formula is C18H14N4O2S. The third kappa shape index (κ3) is 2.44. The first-order valence-corrected chi connectivity index (χ1v) is 8.46. The van der Waals surface area contributed by atoms with Gasteiger partial charge < -0.3 is 4.90 Å². The lowest BCUT2D eigenvalue weighted by molar-refractivity contribution is -0.121. The van der Waals surface area contributed by atoms with Gasteiger partial charge >= 0.3 is 0 Å². The molecule has 2 aliphatic rings. The van der Waals surface area contributed by atoms with Crippen LogP contribution in [0.4, 0.5) is 11.4 Å². The fraction of sp³-hybridized carbons (Fsp3) is 0.111. The van der Waals surface area contributed by atoms with Crippen molar-refractivity contribution in [2.24, 2.45) is 4.99 Å². The van der Waals surface area contributed by atoms with E-state index in [2.05, 4.69) is 9.98 Å². The summed E-state index contributed by atoms with van der Waals surface area (Å²) >= 11 is 1.22. The normalized spacial score (nSPS) is 21.4. The molecule has 2 amide bonds. The zero-order valence-corrected chi connectivity index (χ0v) is 14.4. The molecule has 1 saturated heterocycles. The number of likely N-dealkylation sites (N-methyl/N-ethyl adjacent to an activating group) is 2. The first-order valence-electron chi connectivity index (χ1n) is 7.64. The average Bonchev–Trinajstić information content (AvgIpc) is 3.05. The highest BCUT2D eigenvalue weighted by atomic mass is 32.2. The molecule has 6 nitrogen and oxygen atoms in total. The van der Waals surface area contributed by atoms with E-state index < -0.39 is 0 Å². The summed E-state index contributed by atoms with van der Waals surface area (Å²) in [5.41, 5.74) is 2.69. The fourth-order valence-electron chi connectivity index (χ4n) is 2.82. The van der Waals surface area contributed by atoms with E-state index in [1.807, 2.05) is 30.3 Å². The van der Waals surface area contributed by atoms with Crippen LogP contribution < -0.4 is 4.90 Å². The Morgan fingerprint density at radius 2 is 1.80 bits per heavy atom. The van der Waals surface area contributed by atoms with Crippen LogP contribution in [0.5, 0.6) is 0 Å². The van der Waals surface area contributed by atoms with Crippen molar-refractivity contribution < 1.29 is 9.59 Å². The molecule has 0 saturated carbocycles. The van der Waals surface area contributed by atoms with Crippen LogP contribution in [0.1, 0.15) is 5.56 Å². The van der Waals surface area contributed by atoms with E-state index in [1.165, 1.54) is 16.7 Å². The van der Waals surface area contributed by atoms with E-state index in [9.17, 15) is 9.59 Å². The maximum atomic E-state index is 12.7. The molecule has 3 heterocycles. The second-order valence-corrected chi connectivity index (χ2v) is 6.63. The van der Waals surface area contributed by atoms with Crippen LogP contribution in [0.15, 0.2) is 58.7 Å². The number of amidine groups is 1. The lowest BCUT2D eigenvalue weighted by atomic mass is 10.1. The lowest BCUT2D eigenvalue weighted by Crippen LogP contribution is -2.25. The summed E-state index contributed by atoms with van der Waals surface area (Å²) in [6.07, 6.45) is 3.29. The van der Waals surface area contributed by atoms with E-state index in [0.29, 0.717) is 21.3 Å². The molecule has 1 fully saturated rings. The summed E-state index contributed by atoms with van der Waals surface area (Å²) < 4.78 is 0. The average molecular weight is 350 g/mol. The van der Waals surface area contributed by atoms with Gasteiger partial charge in [0.25, 0.3) is 11.8 Å². The number of aromatic nitrogens is 1. The van der Waals surface area contributed by atoms with Gasteiger partial charge in [0.2, 0.25) is 0 Å². The molecule has 2 aromatic rings. The van der Waals surface area contributed by atoms with Crippen molar-refractivity contribution in [1.82, 2.24) is 9.88 Å². The molecule has 0 spiro atoms. The third-order valence-corrected chi connectivity index (χ3v) is 5.26. The standard InChI is InChI=1S/C18H14N4O2S/c1-21-13-8-4-3-7-12(13)14(16(21)23)15-17(24)22(2)18(25-15)20-11-6-5-9-19-10-11/h3-10H,1-2H3/b15-14-,20-18?. The van der Waals surface area contributed by atoms with Crippen LogP contribution in [-0.2, 0) is 9.59 Å². The lowest BCUT2D eigenvalue weighted by Gasteiger charge is -2.08. The van der Waals surface area contributed by atoms with Crippen molar-refractivity contribution in [3.63, 3.8) is 0 Å². The molecule has 0 N–H and O–H groups in total. The summed E-state index contributed by atoms with van der Waals surface area (Å²) in [6, 6.07) is 11.1. The number of benzene rings is 1. The molecule has 7 heteroatoms. The number of nitrogens with zero attached hydrogens (tertiary/aromatic N) is 4. The van der Waals surface area contributed by atoms with Gasteiger partial charge in [0.05, 0.1) is 28.0 Å². The highest BCUT2D eigenvalue weighted by molar-refractivity contribution is 8.18. The summed E-state index contributed by atoms with van der Waals surface area (Å²) in [6.45, 7) is 0. The number of pyridine rings is 1. The van der Waals surface area contributed by atoms with E-state index in [0.717, 1.165) is 11.3 Å². The maximum absolute atomic E-state index is 12.7. The molecular weight excluding hydrogens is 336 g/mol. The summed E-state index contributed by atoms with van der Waals surface area (Å²) in [4.78, 5) is 37.4. The molecule has 0 bridgehead atoms. The number of para-hydroxylation sites is 1. The highest BCUT2D eigenvalue weighted by Crippen LogP contribution is 2.43. The quantitative estimate of drug-likeness (QED) is 0.742. The Bertz CT molecular complexity index is 953. The van der Waals surface area contributed by atoms with Gasteiger partial charge in [-0.25, -0.2) is 4.99 Å². The largest absolute Gasteiger partial charge is 0.311 e. The summed E-state index contributed by atoms with van der Waals surface area (Å²) in [7, 11) is 3.38. The van der Waals surface area contributed by atoms with Crippen LogP contribution in [-0.4, -0.2) is 41.0 Å². The molecule has 4 rings (SSSR count). The van der Waals surface area contributed by atoms with Gasteiger partial charge in [-0.1, -0.05) is 18.2 Å². The van der Waals surface area contributed by atoms with Crippen LogP contribution >= 0.6 is 11.8 Å². The van der Waals surface area contributed by atoms with Crippen molar-refractivity contribution in [3.05, 3.63) is 59.3 Å². The maximum Gasteiger partial charge on any atom is 0.267 e. The predicted molar refractivity (Wildman–Crippen MR) is 98.5 cm³/mol. The zero-order valence-electron chi connectivity index (χ0n) is 13.6. The molecule has 0 atom stereocenters. The Hall–Kier alpha value is -2.93. The van der Waals surface area contributed by atoms with Crippen molar-refractivity contribution in [1.29, 1.82) is 0 Å². The molecule has 0 radical (unpaired) electrons. The van der Waals surface area contributed by atoms with Gasteiger partial charge in [-0.3, -0.25) is 19.5 Å². The van der Waals surface area contributed by atoms with Crippen molar-refractivity contribution in [3.8, 4) is 0 Å². The van der Waals surface area contributed by atoms with Gasteiger partial charge in [0.1, 0.15) is 0 Å². The van der Waals surface area contributed by atoms with Gasteiger partial charge in [-0.2, -0.15) is 0 Å². The molecule has 0 aliphatic carbocycles. The predicted octanol–water partition coefficient (Wildman–Crippen LogP) is 2.66. The van der Waals surface area contributed by atoms with E-state index >= 15 is 0 Å². The summed E-state index contributed by atoms with van der Waals surface area (Å²) in [5, 5.41) is 0.528. The molecule has 124 valence electrons. The number of hydrogen-bond donors (Lipinski definition) is 0. The minimum Gasteiger partial charge on any atom is -0.311 e. The minimum atomic E-state index is -0.221. The Labute approximate surface area is 148 Å². The number of amides is 2. The second-order valence-electron chi connectivity index (χ2n) is 5.66. The van der Waals surface area contributed by atoms with Crippen LogP contribution in [0, 0.1) is 0 Å². The second kappa shape index (κ2) is 5.86. The first kappa shape index (κ1) is 15.6. The molecule has 0 unspecified atom stereocenters. The number of carbonyl (C=O) groups excluding carboxylic acids is 2. The van der Waals surface area contributed by atoms with E-state index in [1.54, 1.807) is 37.5 Å². The topological polar surface area (TPSA) is 65.9 Å². The first-order chi connectivity index (χ1) is 12.1. The molecule has 25 heavy (non-hydrogen) atoms. The number of aliphatic imine (C=N–C) groups is 1. The van der Waals surface area contributed by atoms with Crippen LogP contribution in [0.25, 0.3) is 5.57 Å². The van der Waals surface area contributed by atoms with Crippen LogP contribution in [0.2, 0.25) is 0 Å². The van der Waals surface area contributed by atoms with Crippen molar-refractivity contribution in [2.45, 2.75) is 0 Å². The number of rotatable bonds is 1. The fourth-order valence-corrected chi connectivity index (χ4v) is 3.90. The van der Waals surface area contributed by atoms with Crippen LogP contribution in [0.3, 0.4) is 0 Å². The number of carbonyl (C=O) groups is 2. The summed E-state index contributed by atoms with van der Waals surface area (Å²) in [5.74, 6) is -0.394. The van der Waals surface area contributed by atoms with Crippen molar-refractivity contribution >= 4 is 45.7 Å². The Balaban J connectivity index is 1.82. The SMILES string of the molecule is CN1C(=O)/C(=C2/C(=O)N(C)c3ccccc32)SC1=Nc1cccnc1. The number of hydrogen-bond acceptors (Lipinski definition) is 5. The van der Waals surface area contributed by atoms with E-state index in [4.69, 9.17) is 0 Å². The molecule has 1 aromatic heterocycles. The van der Waals surface area contributed by atoms with Gasteiger partial charge in [0.15, 0.2) is 5.17 Å². The van der Waals surface area contributed by atoms with E-state index in [-0.39, 0.29) is 11.8 Å². The Morgan fingerprint density at radius 3 is 2.56 bits per heavy atom.